The maximum Gasteiger partial charge on any atom is 0.278 e. The lowest BCUT2D eigenvalue weighted by atomic mass is 9.49. The van der Waals surface area contributed by atoms with Crippen LogP contribution in [0.3, 0.4) is 0 Å². The van der Waals surface area contributed by atoms with Gasteiger partial charge in [-0.1, -0.05) is 44.5 Å². The molecule has 4 aromatic rings. The number of hydrogen-bond acceptors (Lipinski definition) is 12. The Bertz CT molecular complexity index is 2550. The van der Waals surface area contributed by atoms with Gasteiger partial charge in [0.05, 0.1) is 16.0 Å². The van der Waals surface area contributed by atoms with Crippen molar-refractivity contribution in [2.75, 3.05) is 75.2 Å². The first-order valence-electron chi connectivity index (χ1n) is 23.6. The number of imide groups is 1. The van der Waals surface area contributed by atoms with Crippen LogP contribution in [0.1, 0.15) is 88.2 Å². The van der Waals surface area contributed by atoms with Crippen LogP contribution in [0.5, 0.6) is 5.75 Å². The Morgan fingerprint density at radius 3 is 2.06 bits per heavy atom. The first-order chi connectivity index (χ1) is 31.7. The molecule has 2 N–H and O–H groups in total. The Balaban J connectivity index is 0.687. The van der Waals surface area contributed by atoms with Gasteiger partial charge in [-0.2, -0.15) is 9.94 Å². The smallest absolute Gasteiger partial charge is 0.278 e. The van der Waals surface area contributed by atoms with Gasteiger partial charge < -0.3 is 24.8 Å². The second kappa shape index (κ2) is 18.6. The van der Waals surface area contributed by atoms with E-state index in [9.17, 15) is 24.4 Å². The molecule has 0 spiro atoms. The molecule has 1 atom stereocenters. The van der Waals surface area contributed by atoms with E-state index in [1.807, 2.05) is 30.3 Å². The molecule has 4 saturated heterocycles. The van der Waals surface area contributed by atoms with Gasteiger partial charge in [0.2, 0.25) is 5.91 Å². The van der Waals surface area contributed by atoms with E-state index in [0.29, 0.717) is 44.6 Å². The van der Waals surface area contributed by atoms with E-state index in [4.69, 9.17) is 16.3 Å². The zero-order valence-electron chi connectivity index (χ0n) is 38.5. The van der Waals surface area contributed by atoms with Crippen LogP contribution < -0.4 is 30.7 Å². The molecule has 3 amide bonds. The van der Waals surface area contributed by atoms with Crippen molar-refractivity contribution in [1.82, 2.24) is 35.4 Å². The molecule has 0 radical (unpaired) electrons. The zero-order valence-corrected chi connectivity index (χ0v) is 39.2. The molecule has 0 bridgehead atoms. The maximum atomic E-state index is 13.6. The lowest BCUT2D eigenvalue weighted by molar-refractivity contribution is -0.164. The van der Waals surface area contributed by atoms with Crippen molar-refractivity contribution < 1.29 is 19.1 Å². The molecule has 1 saturated carbocycles. The molecule has 3 aromatic carbocycles. The summed E-state index contributed by atoms with van der Waals surface area (Å²) in [6.45, 7) is 18.9. The van der Waals surface area contributed by atoms with Gasteiger partial charge >= 0.3 is 0 Å². The number of nitrogens with one attached hydrogen (secondary N) is 2. The highest BCUT2D eigenvalue weighted by Crippen LogP contribution is 2.55. The highest BCUT2D eigenvalue weighted by molar-refractivity contribution is 6.31. The van der Waals surface area contributed by atoms with Gasteiger partial charge in [-0.05, 0) is 112 Å². The van der Waals surface area contributed by atoms with Crippen molar-refractivity contribution in [2.24, 2.45) is 22.7 Å². The van der Waals surface area contributed by atoms with Gasteiger partial charge in [-0.25, -0.2) is 0 Å². The van der Waals surface area contributed by atoms with Crippen LogP contribution in [0, 0.1) is 34.0 Å². The van der Waals surface area contributed by atoms with Gasteiger partial charge in [-0.3, -0.25) is 29.4 Å². The Hall–Kier alpha value is -5.56. The molecule has 5 heterocycles. The van der Waals surface area contributed by atoms with E-state index >= 15 is 0 Å². The maximum absolute atomic E-state index is 13.6. The summed E-state index contributed by atoms with van der Waals surface area (Å²) in [5.41, 5.74) is 2.64. The average molecular weight is 918 g/mol. The summed E-state index contributed by atoms with van der Waals surface area (Å²) in [5, 5.41) is 23.9. The summed E-state index contributed by atoms with van der Waals surface area (Å²) in [7, 11) is 0. The van der Waals surface area contributed by atoms with Crippen LogP contribution in [0.15, 0.2) is 65.5 Å². The summed E-state index contributed by atoms with van der Waals surface area (Å²) in [6, 6.07) is 20.0. The first-order valence-corrected chi connectivity index (χ1v) is 24.0. The van der Waals surface area contributed by atoms with Crippen LogP contribution in [0.4, 0.5) is 11.4 Å². The minimum atomic E-state index is -0.838. The fourth-order valence-electron chi connectivity index (χ4n) is 11.6. The van der Waals surface area contributed by atoms with Crippen molar-refractivity contribution in [1.29, 1.82) is 5.26 Å². The number of rotatable bonds is 11. The molecule has 1 aliphatic carbocycles. The summed E-state index contributed by atoms with van der Waals surface area (Å²) in [6.07, 6.45) is 4.89. The number of piperazine rings is 1. The highest BCUT2D eigenvalue weighted by Gasteiger charge is 2.64. The lowest BCUT2D eigenvalue weighted by Gasteiger charge is -2.63. The number of anilines is 2. The topological polar surface area (TPSA) is 169 Å². The minimum Gasteiger partial charge on any atom is -0.489 e. The fraction of sp³-hybridized carbons (Fsp3) is 0.540. The molecule has 15 nitrogen and oxygen atoms in total. The Morgan fingerprint density at radius 2 is 1.42 bits per heavy atom. The fourth-order valence-corrected chi connectivity index (χ4v) is 11.8. The van der Waals surface area contributed by atoms with Gasteiger partial charge in [0.1, 0.15) is 29.5 Å². The lowest BCUT2D eigenvalue weighted by Crippen LogP contribution is -2.74. The van der Waals surface area contributed by atoms with Crippen molar-refractivity contribution >= 4 is 51.6 Å². The number of aromatic nitrogens is 3. The van der Waals surface area contributed by atoms with Crippen LogP contribution in [0.2, 0.25) is 5.02 Å². The molecule has 1 unspecified atom stereocenters. The number of likely N-dealkylation sites (tertiary alicyclic amines) is 1. The quantitative estimate of drug-likeness (QED) is 0.178. The summed E-state index contributed by atoms with van der Waals surface area (Å²) in [4.78, 5) is 61.2. The Kier molecular flexibility index (Phi) is 12.9. The summed E-state index contributed by atoms with van der Waals surface area (Å²) in [5.74, 6) is 1.03. The van der Waals surface area contributed by atoms with E-state index in [1.54, 1.807) is 18.2 Å². The highest BCUT2D eigenvalue weighted by atomic mass is 35.5. The molecule has 16 heteroatoms. The normalized spacial score (nSPS) is 24.1. The standard InChI is InChI=1S/C50H61ClN10O5/c1-49(2)47(50(3,4)48(49)66-38-11-7-35(29-52)40(51)28-38)54-44(63)34-5-8-36(9-6-34)60-25-23-58(24-26-60)31-32-15-19-57(20-16-32)30-33-17-21-59(22-18-33)37-10-12-41-39(27-37)46(65)61(56-55-41)42-13-14-43(62)53-45(42)64/h5-12,27-28,32-33,42,47-48H,13-26,30-31H2,1-4H3,(H,54,63)(H,53,62,64). The van der Waals surface area contributed by atoms with Crippen molar-refractivity contribution in [3.63, 3.8) is 0 Å². The van der Waals surface area contributed by atoms with Crippen LogP contribution in [0.25, 0.3) is 10.9 Å². The Labute approximate surface area is 391 Å². The monoisotopic (exact) mass is 916 g/mol. The number of halogens is 1. The van der Waals surface area contributed by atoms with Gasteiger partial charge in [0.15, 0.2) is 0 Å². The first kappa shape index (κ1) is 45.6. The van der Waals surface area contributed by atoms with E-state index in [2.05, 4.69) is 86.4 Å². The largest absolute Gasteiger partial charge is 0.489 e. The predicted octanol–water partition coefficient (Wildman–Crippen LogP) is 5.66. The van der Waals surface area contributed by atoms with Crippen molar-refractivity contribution in [3.05, 3.63) is 87.2 Å². The number of carbonyl (C=O) groups excluding carboxylic acids is 3. The third-order valence-corrected chi connectivity index (χ3v) is 15.5. The third-order valence-electron chi connectivity index (χ3n) is 15.2. The number of nitrogens with zero attached hydrogens (tertiary/aromatic N) is 8. The third kappa shape index (κ3) is 9.24. The van der Waals surface area contributed by atoms with Gasteiger partial charge in [0.25, 0.3) is 17.4 Å². The van der Waals surface area contributed by atoms with Gasteiger partial charge in [0, 0.05) is 98.7 Å². The molecule has 5 aliphatic rings. The number of piperidine rings is 3. The molecular weight excluding hydrogens is 856 g/mol. The van der Waals surface area contributed by atoms with E-state index < -0.39 is 11.9 Å². The molecule has 348 valence electrons. The summed E-state index contributed by atoms with van der Waals surface area (Å²) >= 11 is 6.27. The predicted molar refractivity (Wildman–Crippen MR) is 254 cm³/mol. The molecule has 66 heavy (non-hydrogen) atoms. The molecule has 5 fully saturated rings. The van der Waals surface area contributed by atoms with Gasteiger partial charge in [-0.15, -0.1) is 5.10 Å². The van der Waals surface area contributed by atoms with Crippen LogP contribution in [-0.4, -0.2) is 120 Å². The van der Waals surface area contributed by atoms with E-state index in [-0.39, 0.29) is 53.2 Å². The number of hydrogen-bond donors (Lipinski definition) is 2. The zero-order chi connectivity index (χ0) is 46.3. The van der Waals surface area contributed by atoms with E-state index in [1.165, 1.54) is 12.8 Å². The second-order valence-electron chi connectivity index (χ2n) is 20.3. The number of benzene rings is 3. The SMILES string of the molecule is CC1(C)C(NC(=O)c2ccc(N3CCN(CC4CCN(CC5CCN(c6ccc7nnn(C8CCC(=O)NC8=O)c(=O)c7c6)CC5)CC4)CC3)cc2)C(C)(C)C1Oc1ccc(C#N)c(Cl)c1. The van der Waals surface area contributed by atoms with Crippen molar-refractivity contribution in [2.45, 2.75) is 84.4 Å². The number of ether oxygens (including phenoxy) is 1. The van der Waals surface area contributed by atoms with Crippen molar-refractivity contribution in [3.8, 4) is 11.8 Å². The number of carbonyl (C=O) groups is 3. The minimum absolute atomic E-state index is 0.0898. The van der Waals surface area contributed by atoms with Crippen LogP contribution in [-0.2, 0) is 9.59 Å². The molecule has 9 rings (SSSR count). The van der Waals surface area contributed by atoms with E-state index in [0.717, 1.165) is 94.3 Å². The molecule has 4 aliphatic heterocycles. The number of fused-ring (bicyclic) bond motifs is 1. The summed E-state index contributed by atoms with van der Waals surface area (Å²) < 4.78 is 7.53. The molecular formula is C50H61ClN10O5. The van der Waals surface area contributed by atoms with Crippen LogP contribution >= 0.6 is 11.6 Å². The number of amides is 3. The average Bonchev–Trinajstić information content (AvgIpc) is 3.31. The molecule has 1 aromatic heterocycles. The second-order valence-corrected chi connectivity index (χ2v) is 20.7. The Morgan fingerprint density at radius 1 is 0.803 bits per heavy atom. The number of nitriles is 1.